The van der Waals surface area contributed by atoms with Crippen molar-refractivity contribution in [2.75, 3.05) is 45.1 Å². The minimum atomic E-state index is -3.79. The third kappa shape index (κ3) is 4.78. The molecule has 0 saturated carbocycles. The molecule has 0 spiro atoms. The van der Waals surface area contributed by atoms with Gasteiger partial charge in [-0.05, 0) is 19.8 Å². The average molecular weight is 252 g/mol. The molecule has 0 aromatic heterocycles. The van der Waals surface area contributed by atoms with E-state index in [9.17, 15) is 8.42 Å². The molecule has 16 heavy (non-hydrogen) atoms. The van der Waals surface area contributed by atoms with Crippen molar-refractivity contribution in [3.63, 3.8) is 0 Å². The van der Waals surface area contributed by atoms with E-state index in [-0.39, 0.29) is 5.75 Å². The quantitative estimate of drug-likeness (QED) is 0.425. The van der Waals surface area contributed by atoms with Crippen LogP contribution in [0, 0.1) is 0 Å². The highest BCUT2D eigenvalue weighted by molar-refractivity contribution is 7.85. The summed E-state index contributed by atoms with van der Waals surface area (Å²) in [5.41, 5.74) is 0. The molecule has 0 bridgehead atoms. The molecule has 0 atom stereocenters. The van der Waals surface area contributed by atoms with Crippen molar-refractivity contribution in [2.24, 2.45) is 0 Å². The van der Waals surface area contributed by atoms with Crippen molar-refractivity contribution in [1.82, 2.24) is 0 Å². The number of ether oxygens (including phenoxy) is 1. The molecule has 1 aliphatic heterocycles. The summed E-state index contributed by atoms with van der Waals surface area (Å²) in [7, 11) is -3.79. The van der Waals surface area contributed by atoms with Crippen LogP contribution in [-0.2, 0) is 14.9 Å². The number of hydrogen-bond acceptors (Lipinski definition) is 3. The monoisotopic (exact) mass is 252 g/mol. The summed E-state index contributed by atoms with van der Waals surface area (Å²) < 4.78 is 36.1. The van der Waals surface area contributed by atoms with E-state index in [2.05, 4.69) is 6.92 Å². The second kappa shape index (κ2) is 5.95. The Morgan fingerprint density at radius 3 is 2.38 bits per heavy atom. The first-order valence-corrected chi connectivity index (χ1v) is 7.46. The smallest absolute Gasteiger partial charge is 0.264 e. The normalized spacial score (nSPS) is 20.9. The number of likely N-dealkylation sites (N-methyl/N-ethyl adjacent to an activating group) is 1. The van der Waals surface area contributed by atoms with Gasteiger partial charge in [0, 0.05) is 0 Å². The molecule has 96 valence electrons. The van der Waals surface area contributed by atoms with E-state index < -0.39 is 10.1 Å². The first-order valence-electron chi connectivity index (χ1n) is 5.85. The van der Waals surface area contributed by atoms with Crippen LogP contribution in [0.5, 0.6) is 0 Å². The van der Waals surface area contributed by atoms with Crippen LogP contribution in [0.15, 0.2) is 0 Å². The second-order valence-electron chi connectivity index (χ2n) is 4.43. The molecule has 0 aromatic carbocycles. The Morgan fingerprint density at radius 1 is 1.25 bits per heavy atom. The van der Waals surface area contributed by atoms with E-state index >= 15 is 0 Å². The summed E-state index contributed by atoms with van der Waals surface area (Å²) in [6.45, 7) is 7.84. The van der Waals surface area contributed by atoms with E-state index in [1.165, 1.54) is 0 Å². The Labute approximate surface area is 97.7 Å². The van der Waals surface area contributed by atoms with Gasteiger partial charge >= 0.3 is 0 Å². The van der Waals surface area contributed by atoms with Crippen LogP contribution in [0.1, 0.15) is 19.8 Å². The Morgan fingerprint density at radius 2 is 1.88 bits per heavy atom. The molecule has 1 saturated heterocycles. The molecule has 6 heteroatoms. The number of quaternary nitrogens is 1. The van der Waals surface area contributed by atoms with Crippen LogP contribution in [0.4, 0.5) is 0 Å². The van der Waals surface area contributed by atoms with Gasteiger partial charge in [0.2, 0.25) is 0 Å². The molecular formula is C10H22NO4S+. The largest absolute Gasteiger partial charge is 0.370 e. The Kier molecular flexibility index (Phi) is 5.17. The summed E-state index contributed by atoms with van der Waals surface area (Å²) in [6, 6.07) is 0. The van der Waals surface area contributed by atoms with Gasteiger partial charge in [0.15, 0.2) is 0 Å². The molecule has 5 nitrogen and oxygen atoms in total. The number of unbranched alkanes of at least 4 members (excludes halogenated alkanes) is 1. The fourth-order valence-corrected chi connectivity index (χ4v) is 2.73. The van der Waals surface area contributed by atoms with Crippen molar-refractivity contribution in [3.8, 4) is 0 Å². The number of hydrogen-bond donors (Lipinski definition) is 1. The van der Waals surface area contributed by atoms with E-state index in [4.69, 9.17) is 9.29 Å². The zero-order valence-corrected chi connectivity index (χ0v) is 10.7. The summed E-state index contributed by atoms with van der Waals surface area (Å²) in [6.07, 6.45) is 1.38. The van der Waals surface area contributed by atoms with Crippen LogP contribution in [0.2, 0.25) is 0 Å². The first-order chi connectivity index (χ1) is 7.47. The predicted octanol–water partition coefficient (Wildman–Crippen LogP) is 0.521. The van der Waals surface area contributed by atoms with Gasteiger partial charge in [-0.1, -0.05) is 0 Å². The highest BCUT2D eigenvalue weighted by atomic mass is 32.2. The lowest BCUT2D eigenvalue weighted by molar-refractivity contribution is -0.933. The molecule has 1 aliphatic rings. The molecule has 1 N–H and O–H groups in total. The lowest BCUT2D eigenvalue weighted by atomic mass is 10.2. The van der Waals surface area contributed by atoms with Crippen molar-refractivity contribution in [1.29, 1.82) is 0 Å². The van der Waals surface area contributed by atoms with Crippen molar-refractivity contribution in [3.05, 3.63) is 0 Å². The zero-order valence-electron chi connectivity index (χ0n) is 9.89. The lowest BCUT2D eigenvalue weighted by Gasteiger charge is -2.40. The van der Waals surface area contributed by atoms with Crippen molar-refractivity contribution < 1.29 is 22.2 Å². The third-order valence-electron chi connectivity index (χ3n) is 3.38. The maximum absolute atomic E-state index is 10.6. The van der Waals surface area contributed by atoms with Crippen molar-refractivity contribution in [2.45, 2.75) is 19.8 Å². The average Bonchev–Trinajstić information content (AvgIpc) is 2.25. The molecule has 0 aliphatic carbocycles. The summed E-state index contributed by atoms with van der Waals surface area (Å²) >= 11 is 0. The van der Waals surface area contributed by atoms with Gasteiger partial charge in [-0.15, -0.1) is 0 Å². The maximum Gasteiger partial charge on any atom is 0.264 e. The molecule has 0 amide bonds. The third-order valence-corrected chi connectivity index (χ3v) is 4.18. The Bertz CT molecular complexity index is 296. The topological polar surface area (TPSA) is 63.6 Å². The standard InChI is InChI=1S/C10H21NO4S/c1-2-11(6-8-15-9-7-11)5-3-4-10-16(12,13)14/h2-10H2,1H3/p+1. The van der Waals surface area contributed by atoms with E-state index in [1.807, 2.05) is 0 Å². The second-order valence-corrected chi connectivity index (χ2v) is 6.01. The molecule has 0 radical (unpaired) electrons. The lowest BCUT2D eigenvalue weighted by Crippen LogP contribution is -2.55. The Hall–Kier alpha value is -0.170. The van der Waals surface area contributed by atoms with Gasteiger partial charge in [-0.25, -0.2) is 0 Å². The molecule has 0 unspecified atom stereocenters. The van der Waals surface area contributed by atoms with Crippen molar-refractivity contribution >= 4 is 10.1 Å². The summed E-state index contributed by atoms with van der Waals surface area (Å²) in [5.74, 6) is -0.118. The molecule has 1 rings (SSSR count). The molecule has 1 heterocycles. The predicted molar refractivity (Wildman–Crippen MR) is 61.9 cm³/mol. The molecule has 0 aromatic rings. The van der Waals surface area contributed by atoms with Crippen LogP contribution >= 0.6 is 0 Å². The van der Waals surface area contributed by atoms with E-state index in [0.29, 0.717) is 6.42 Å². The van der Waals surface area contributed by atoms with Gasteiger partial charge in [0.1, 0.15) is 13.1 Å². The van der Waals surface area contributed by atoms with Gasteiger partial charge in [-0.3, -0.25) is 4.55 Å². The number of nitrogens with zero attached hydrogens (tertiary/aromatic N) is 1. The highest BCUT2D eigenvalue weighted by Crippen LogP contribution is 2.13. The zero-order chi connectivity index (χ0) is 12.1. The van der Waals surface area contributed by atoms with Crippen LogP contribution in [-0.4, -0.2) is 62.6 Å². The SMILES string of the molecule is CC[N+]1(CCCCS(=O)(=O)O)CCOCC1. The summed E-state index contributed by atoms with van der Waals surface area (Å²) in [5, 5.41) is 0. The minimum absolute atomic E-state index is 0.118. The fourth-order valence-electron chi connectivity index (χ4n) is 2.16. The first kappa shape index (κ1) is 13.9. The van der Waals surface area contributed by atoms with Crippen LogP contribution in [0.3, 0.4) is 0 Å². The van der Waals surface area contributed by atoms with Gasteiger partial charge in [-0.2, -0.15) is 8.42 Å². The van der Waals surface area contributed by atoms with E-state index in [0.717, 1.165) is 50.3 Å². The van der Waals surface area contributed by atoms with E-state index in [1.54, 1.807) is 0 Å². The maximum atomic E-state index is 10.6. The van der Waals surface area contributed by atoms with Gasteiger partial charge < -0.3 is 9.22 Å². The molecule has 1 fully saturated rings. The van der Waals surface area contributed by atoms with Gasteiger partial charge in [0.25, 0.3) is 10.1 Å². The van der Waals surface area contributed by atoms with Gasteiger partial charge in [0.05, 0.1) is 32.1 Å². The number of morpholine rings is 1. The van der Waals surface area contributed by atoms with Crippen LogP contribution < -0.4 is 0 Å². The fraction of sp³-hybridized carbons (Fsp3) is 1.00. The highest BCUT2D eigenvalue weighted by Gasteiger charge is 2.27. The van der Waals surface area contributed by atoms with Crippen LogP contribution in [0.25, 0.3) is 0 Å². The molecular weight excluding hydrogens is 230 g/mol. The Balaban J connectivity index is 2.28. The summed E-state index contributed by atoms with van der Waals surface area (Å²) in [4.78, 5) is 0. The minimum Gasteiger partial charge on any atom is -0.370 e. The number of rotatable bonds is 6.